The molecule has 108 valence electrons. The van der Waals surface area contributed by atoms with Crippen molar-refractivity contribution in [3.05, 3.63) is 18.2 Å². The number of hydrogen-bond acceptors (Lipinski definition) is 4. The third kappa shape index (κ3) is 3.77. The highest BCUT2D eigenvalue weighted by atomic mass is 16.5. The molecule has 0 saturated carbocycles. The molecule has 0 aliphatic heterocycles. The molecular formula is C15H25NO3. The van der Waals surface area contributed by atoms with Crippen LogP contribution >= 0.6 is 0 Å². The first-order valence-electron chi connectivity index (χ1n) is 6.71. The molecule has 0 radical (unpaired) electrons. The first kappa shape index (κ1) is 15.6. The molecule has 4 nitrogen and oxygen atoms in total. The number of methoxy groups -OCH3 is 2. The summed E-state index contributed by atoms with van der Waals surface area (Å²) in [6, 6.07) is 5.65. The molecular weight excluding hydrogens is 242 g/mol. The molecule has 0 fully saturated rings. The van der Waals surface area contributed by atoms with Gasteiger partial charge in [-0.25, -0.2) is 0 Å². The van der Waals surface area contributed by atoms with Gasteiger partial charge in [-0.1, -0.05) is 13.8 Å². The molecule has 0 heterocycles. The lowest BCUT2D eigenvalue weighted by Gasteiger charge is -2.30. The molecule has 0 aliphatic carbocycles. The molecule has 0 aliphatic rings. The third-order valence-corrected chi connectivity index (χ3v) is 3.90. The third-order valence-electron chi connectivity index (χ3n) is 3.90. The van der Waals surface area contributed by atoms with Crippen molar-refractivity contribution >= 4 is 5.69 Å². The number of nitrogens with one attached hydrogen (secondary N) is 1. The molecule has 0 unspecified atom stereocenters. The molecule has 0 aromatic heterocycles. The van der Waals surface area contributed by atoms with Gasteiger partial charge in [-0.05, 0) is 25.0 Å². The summed E-state index contributed by atoms with van der Waals surface area (Å²) < 4.78 is 10.6. The summed E-state index contributed by atoms with van der Waals surface area (Å²) >= 11 is 0. The Kier molecular flexibility index (Phi) is 5.96. The highest BCUT2D eigenvalue weighted by Gasteiger charge is 2.25. The minimum absolute atomic E-state index is 0.0892. The number of ether oxygens (including phenoxy) is 2. The maximum Gasteiger partial charge on any atom is 0.142 e. The first-order valence-corrected chi connectivity index (χ1v) is 6.71. The van der Waals surface area contributed by atoms with Crippen molar-refractivity contribution in [3.63, 3.8) is 0 Å². The van der Waals surface area contributed by atoms with Crippen LogP contribution in [0.2, 0.25) is 0 Å². The Hall–Kier alpha value is -1.42. The summed E-state index contributed by atoms with van der Waals surface area (Å²) in [4.78, 5) is 0. The van der Waals surface area contributed by atoms with Gasteiger partial charge in [-0.2, -0.15) is 0 Å². The first-order chi connectivity index (χ1) is 9.14. The number of benzene rings is 1. The van der Waals surface area contributed by atoms with Crippen LogP contribution in [0.5, 0.6) is 11.5 Å². The van der Waals surface area contributed by atoms with Crippen LogP contribution in [-0.4, -0.2) is 32.5 Å². The van der Waals surface area contributed by atoms with E-state index in [0.29, 0.717) is 6.54 Å². The summed E-state index contributed by atoms with van der Waals surface area (Å²) in [7, 11) is 3.29. The zero-order valence-electron chi connectivity index (χ0n) is 12.3. The Morgan fingerprint density at radius 1 is 1.16 bits per heavy atom. The zero-order chi connectivity index (χ0) is 14.3. The highest BCUT2D eigenvalue weighted by Crippen LogP contribution is 2.32. The number of hydrogen-bond donors (Lipinski definition) is 2. The van der Waals surface area contributed by atoms with Gasteiger partial charge in [0, 0.05) is 18.0 Å². The summed E-state index contributed by atoms with van der Waals surface area (Å²) in [5.41, 5.74) is 0.801. The summed E-state index contributed by atoms with van der Waals surface area (Å²) in [5.74, 6) is 1.56. The van der Waals surface area contributed by atoms with Gasteiger partial charge in [0.15, 0.2) is 0 Å². The van der Waals surface area contributed by atoms with Gasteiger partial charge in [0.05, 0.1) is 26.5 Å². The fraction of sp³-hybridized carbons (Fsp3) is 0.600. The van der Waals surface area contributed by atoms with Crippen LogP contribution in [0.25, 0.3) is 0 Å². The van der Waals surface area contributed by atoms with E-state index in [1.165, 1.54) is 0 Å². The largest absolute Gasteiger partial charge is 0.497 e. The highest BCUT2D eigenvalue weighted by molar-refractivity contribution is 5.59. The summed E-state index contributed by atoms with van der Waals surface area (Å²) in [5, 5.41) is 13.0. The Balaban J connectivity index is 2.86. The zero-order valence-corrected chi connectivity index (χ0v) is 12.3. The van der Waals surface area contributed by atoms with E-state index in [1.807, 2.05) is 18.2 Å². The molecule has 2 N–H and O–H groups in total. The predicted octanol–water partition coefficient (Wildman–Crippen LogP) is 2.91. The SMILES string of the molecule is CCC(CC)(CO)CNc1cc(OC)ccc1OC. The van der Waals surface area contributed by atoms with E-state index < -0.39 is 0 Å². The van der Waals surface area contributed by atoms with E-state index in [4.69, 9.17) is 9.47 Å². The maximum atomic E-state index is 9.59. The fourth-order valence-electron chi connectivity index (χ4n) is 2.01. The average molecular weight is 267 g/mol. The second-order valence-corrected chi connectivity index (χ2v) is 4.78. The summed E-state index contributed by atoms with van der Waals surface area (Å²) in [6.07, 6.45) is 1.86. The Bertz CT molecular complexity index is 381. The number of aliphatic hydroxyl groups is 1. The maximum absolute atomic E-state index is 9.59. The number of anilines is 1. The van der Waals surface area contributed by atoms with Crippen LogP contribution < -0.4 is 14.8 Å². The van der Waals surface area contributed by atoms with E-state index in [2.05, 4.69) is 19.2 Å². The summed E-state index contributed by atoms with van der Waals surface area (Å²) in [6.45, 7) is 5.09. The molecule has 1 aromatic rings. The molecule has 0 saturated heterocycles. The lowest BCUT2D eigenvalue weighted by atomic mass is 9.83. The molecule has 0 atom stereocenters. The molecule has 0 amide bonds. The van der Waals surface area contributed by atoms with Crippen molar-refractivity contribution in [2.24, 2.45) is 5.41 Å². The van der Waals surface area contributed by atoms with E-state index in [-0.39, 0.29) is 12.0 Å². The van der Waals surface area contributed by atoms with Crippen molar-refractivity contribution in [2.75, 3.05) is 32.7 Å². The minimum Gasteiger partial charge on any atom is -0.497 e. The quantitative estimate of drug-likeness (QED) is 0.760. The monoisotopic (exact) mass is 267 g/mol. The molecule has 4 heteroatoms. The average Bonchev–Trinajstić information content (AvgIpc) is 2.49. The molecule has 1 aromatic carbocycles. The predicted molar refractivity (Wildman–Crippen MR) is 78.1 cm³/mol. The molecule has 19 heavy (non-hydrogen) atoms. The topological polar surface area (TPSA) is 50.7 Å². The number of aliphatic hydroxyl groups excluding tert-OH is 1. The second kappa shape index (κ2) is 7.24. The van der Waals surface area contributed by atoms with Gasteiger partial charge in [-0.15, -0.1) is 0 Å². The fourth-order valence-corrected chi connectivity index (χ4v) is 2.01. The van der Waals surface area contributed by atoms with Crippen LogP contribution in [0, 0.1) is 5.41 Å². The van der Waals surface area contributed by atoms with Gasteiger partial charge in [0.2, 0.25) is 0 Å². The van der Waals surface area contributed by atoms with Gasteiger partial charge in [0.1, 0.15) is 11.5 Å². The van der Waals surface area contributed by atoms with Gasteiger partial charge < -0.3 is 19.9 Å². The van der Waals surface area contributed by atoms with Crippen molar-refractivity contribution in [2.45, 2.75) is 26.7 Å². The van der Waals surface area contributed by atoms with Gasteiger partial charge in [0.25, 0.3) is 0 Å². The Morgan fingerprint density at radius 3 is 2.32 bits per heavy atom. The van der Waals surface area contributed by atoms with Crippen LogP contribution in [0.15, 0.2) is 18.2 Å². The standard InChI is InChI=1S/C15H25NO3/c1-5-15(6-2,11-17)10-16-13-9-12(18-3)7-8-14(13)19-4/h7-9,16-17H,5-6,10-11H2,1-4H3. The van der Waals surface area contributed by atoms with Crippen LogP contribution in [0.4, 0.5) is 5.69 Å². The van der Waals surface area contributed by atoms with E-state index in [1.54, 1.807) is 14.2 Å². The Morgan fingerprint density at radius 2 is 1.84 bits per heavy atom. The van der Waals surface area contributed by atoms with Crippen LogP contribution in [0.1, 0.15) is 26.7 Å². The molecule has 1 rings (SSSR count). The van der Waals surface area contributed by atoms with Crippen molar-refractivity contribution in [1.29, 1.82) is 0 Å². The van der Waals surface area contributed by atoms with Crippen LogP contribution in [-0.2, 0) is 0 Å². The smallest absolute Gasteiger partial charge is 0.142 e. The van der Waals surface area contributed by atoms with Crippen molar-refractivity contribution in [1.82, 2.24) is 0 Å². The van der Waals surface area contributed by atoms with Crippen LogP contribution in [0.3, 0.4) is 0 Å². The minimum atomic E-state index is -0.0892. The van der Waals surface area contributed by atoms with Gasteiger partial charge in [-0.3, -0.25) is 0 Å². The lowest BCUT2D eigenvalue weighted by Crippen LogP contribution is -2.32. The molecule has 0 bridgehead atoms. The Labute approximate surface area is 115 Å². The van der Waals surface area contributed by atoms with E-state index in [9.17, 15) is 5.11 Å². The number of rotatable bonds is 8. The second-order valence-electron chi connectivity index (χ2n) is 4.78. The van der Waals surface area contributed by atoms with Crippen molar-refractivity contribution in [3.8, 4) is 11.5 Å². The van der Waals surface area contributed by atoms with Crippen molar-refractivity contribution < 1.29 is 14.6 Å². The lowest BCUT2D eigenvalue weighted by molar-refractivity contribution is 0.127. The van der Waals surface area contributed by atoms with E-state index >= 15 is 0 Å². The van der Waals surface area contributed by atoms with E-state index in [0.717, 1.165) is 30.0 Å². The van der Waals surface area contributed by atoms with Gasteiger partial charge >= 0.3 is 0 Å². The molecule has 0 spiro atoms. The normalized spacial score (nSPS) is 11.2.